The molecular formula is C4H10NO+. The van der Waals surface area contributed by atoms with E-state index in [9.17, 15) is 0 Å². The molecule has 0 aliphatic heterocycles. The van der Waals surface area contributed by atoms with Crippen LogP contribution in [0.15, 0.2) is 0 Å². The first-order chi connectivity index (χ1) is 2.77. The van der Waals surface area contributed by atoms with E-state index in [4.69, 9.17) is 5.21 Å². The van der Waals surface area contributed by atoms with Crippen molar-refractivity contribution in [2.75, 3.05) is 6.54 Å². The maximum atomic E-state index is 7.86. The molecule has 0 bridgehead atoms. The van der Waals surface area contributed by atoms with Crippen molar-refractivity contribution in [2.45, 2.75) is 13.8 Å². The molecule has 0 saturated carbocycles. The average molecular weight is 88.1 g/mol. The second-order valence-corrected chi connectivity index (χ2v) is 1.72. The molecule has 0 aliphatic carbocycles. The van der Waals surface area contributed by atoms with Gasteiger partial charge in [0, 0.05) is 5.92 Å². The van der Waals surface area contributed by atoms with Gasteiger partial charge in [0.1, 0.15) is 0 Å². The van der Waals surface area contributed by atoms with E-state index in [0.717, 1.165) is 0 Å². The Hall–Kier alpha value is -0.0800. The second-order valence-electron chi connectivity index (χ2n) is 1.72. The van der Waals surface area contributed by atoms with E-state index >= 15 is 0 Å². The van der Waals surface area contributed by atoms with Gasteiger partial charge in [0.15, 0.2) is 0 Å². The summed E-state index contributed by atoms with van der Waals surface area (Å²) in [5.41, 5.74) is 2.94. The summed E-state index contributed by atoms with van der Waals surface area (Å²) in [5, 5.41) is 7.86. The summed E-state index contributed by atoms with van der Waals surface area (Å²) in [5.74, 6) is 0.481. The van der Waals surface area contributed by atoms with Crippen molar-refractivity contribution in [3.63, 3.8) is 0 Å². The average Bonchev–Trinajstić information content (AvgIpc) is 1.35. The van der Waals surface area contributed by atoms with Crippen molar-refractivity contribution in [1.82, 2.24) is 5.48 Å². The molecule has 0 rings (SSSR count). The van der Waals surface area contributed by atoms with Gasteiger partial charge in [0.05, 0.1) is 0 Å². The summed E-state index contributed by atoms with van der Waals surface area (Å²) in [4.78, 5) is 0. The Kier molecular flexibility index (Phi) is 3.08. The van der Waals surface area contributed by atoms with Gasteiger partial charge >= 0.3 is 0 Å². The van der Waals surface area contributed by atoms with Crippen molar-refractivity contribution >= 4 is 0 Å². The smallest absolute Gasteiger partial charge is 0.100 e. The minimum Gasteiger partial charge on any atom is -0.100 e. The fourth-order valence-electron chi connectivity index (χ4n) is 0.163. The number of nitrogens with zero attached hydrogens (tertiary/aromatic N) is 1. The molecule has 0 fully saturated rings. The summed E-state index contributed by atoms with van der Waals surface area (Å²) in [7, 11) is 0. The molecule has 6 heavy (non-hydrogen) atoms. The van der Waals surface area contributed by atoms with Crippen LogP contribution in [-0.4, -0.2) is 11.8 Å². The molecule has 0 aromatic carbocycles. The van der Waals surface area contributed by atoms with Crippen molar-refractivity contribution in [1.29, 1.82) is 0 Å². The van der Waals surface area contributed by atoms with Crippen LogP contribution in [0.3, 0.4) is 0 Å². The number of hydroxylamine groups is 1. The van der Waals surface area contributed by atoms with Crippen LogP contribution in [0.4, 0.5) is 0 Å². The van der Waals surface area contributed by atoms with E-state index in [-0.39, 0.29) is 0 Å². The third-order valence-electron chi connectivity index (χ3n) is 0.447. The normalized spacial score (nSPS) is 10.0. The van der Waals surface area contributed by atoms with Crippen LogP contribution in [0.5, 0.6) is 0 Å². The molecule has 2 radical (unpaired) electrons. The highest BCUT2D eigenvalue weighted by atomic mass is 16.5. The number of rotatable bonds is 2. The largest absolute Gasteiger partial charge is 0.263 e. The van der Waals surface area contributed by atoms with E-state index in [1.54, 1.807) is 0 Å². The van der Waals surface area contributed by atoms with Crippen LogP contribution >= 0.6 is 0 Å². The first-order valence-corrected chi connectivity index (χ1v) is 2.08. The molecule has 0 spiro atoms. The maximum Gasteiger partial charge on any atom is 0.263 e. The highest BCUT2D eigenvalue weighted by Crippen LogP contribution is 1.84. The third kappa shape index (κ3) is 3.92. The van der Waals surface area contributed by atoms with Crippen LogP contribution in [-0.2, 0) is 0 Å². The van der Waals surface area contributed by atoms with Gasteiger partial charge in [0.2, 0.25) is 6.54 Å². The zero-order valence-electron chi connectivity index (χ0n) is 4.18. The van der Waals surface area contributed by atoms with Crippen molar-refractivity contribution in [2.24, 2.45) is 5.92 Å². The summed E-state index contributed by atoms with van der Waals surface area (Å²) in [6, 6.07) is 0. The first-order valence-electron chi connectivity index (χ1n) is 2.08. The van der Waals surface area contributed by atoms with Crippen LogP contribution in [0.2, 0.25) is 0 Å². The Morgan fingerprint density at radius 2 is 2.17 bits per heavy atom. The predicted octanol–water partition coefficient (Wildman–Crippen LogP) is 0.636. The van der Waals surface area contributed by atoms with Gasteiger partial charge in [-0.05, 0) is 0 Å². The molecule has 0 atom stereocenters. The van der Waals surface area contributed by atoms with Gasteiger partial charge in [-0.3, -0.25) is 0 Å². The van der Waals surface area contributed by atoms with E-state index < -0.39 is 0 Å². The molecule has 0 unspecified atom stereocenters. The number of hydrogen-bond donors (Lipinski definition) is 1. The molecule has 0 heterocycles. The molecule has 0 aliphatic rings. The fourth-order valence-corrected chi connectivity index (χ4v) is 0.163. The van der Waals surface area contributed by atoms with Gasteiger partial charge in [0.25, 0.3) is 5.48 Å². The standard InChI is InChI=1S/C4H10NO/c1-4(2)3-5-6/h4,6H,3H2,1-2H3/q+1. The first kappa shape index (κ1) is 5.92. The van der Waals surface area contributed by atoms with Gasteiger partial charge in [-0.1, -0.05) is 13.8 Å². The van der Waals surface area contributed by atoms with Crippen molar-refractivity contribution in [3.05, 3.63) is 0 Å². The SMILES string of the molecule is CC(C)C[N+]O. The predicted molar refractivity (Wildman–Crippen MR) is 23.6 cm³/mol. The quantitative estimate of drug-likeness (QED) is 0.494. The molecule has 0 saturated heterocycles. The van der Waals surface area contributed by atoms with Crippen molar-refractivity contribution < 1.29 is 5.21 Å². The van der Waals surface area contributed by atoms with Crippen LogP contribution in [0.1, 0.15) is 13.8 Å². The lowest BCUT2D eigenvalue weighted by atomic mass is 10.2. The zero-order chi connectivity index (χ0) is 4.99. The van der Waals surface area contributed by atoms with E-state index in [1.807, 2.05) is 13.8 Å². The molecule has 0 aromatic heterocycles. The monoisotopic (exact) mass is 88.1 g/mol. The van der Waals surface area contributed by atoms with Crippen molar-refractivity contribution in [3.8, 4) is 0 Å². The van der Waals surface area contributed by atoms with Gasteiger partial charge in [-0.25, -0.2) is 0 Å². The van der Waals surface area contributed by atoms with Crippen LogP contribution in [0, 0.1) is 5.92 Å². The lowest BCUT2D eigenvalue weighted by molar-refractivity contribution is 0.144. The Morgan fingerprint density at radius 1 is 1.67 bits per heavy atom. The molecule has 2 nitrogen and oxygen atoms in total. The summed E-state index contributed by atoms with van der Waals surface area (Å²) < 4.78 is 0. The molecule has 0 aromatic rings. The molecule has 0 amide bonds. The fraction of sp³-hybridized carbons (Fsp3) is 1.00. The second kappa shape index (κ2) is 3.12. The molecule has 2 heteroatoms. The molecule has 1 N–H and O–H groups in total. The Labute approximate surface area is 38.1 Å². The van der Waals surface area contributed by atoms with Gasteiger partial charge in [-0.2, -0.15) is 0 Å². The lowest BCUT2D eigenvalue weighted by Crippen LogP contribution is -2.06. The highest BCUT2D eigenvalue weighted by Gasteiger charge is 2.01. The Balaban J connectivity index is 2.63. The van der Waals surface area contributed by atoms with Crippen LogP contribution in [0.25, 0.3) is 0 Å². The molecular weight excluding hydrogens is 78.0 g/mol. The summed E-state index contributed by atoms with van der Waals surface area (Å²) in [6.45, 7) is 4.56. The number of hydrogen-bond acceptors (Lipinski definition) is 1. The summed E-state index contributed by atoms with van der Waals surface area (Å²) in [6.07, 6.45) is 0. The minimum atomic E-state index is 0.481. The maximum absolute atomic E-state index is 7.86. The Bertz CT molecular complexity index is 28.7. The van der Waals surface area contributed by atoms with E-state index in [0.29, 0.717) is 12.5 Å². The third-order valence-corrected chi connectivity index (χ3v) is 0.447. The van der Waals surface area contributed by atoms with Gasteiger partial charge < -0.3 is 0 Å². The van der Waals surface area contributed by atoms with E-state index in [2.05, 4.69) is 5.48 Å². The van der Waals surface area contributed by atoms with Gasteiger partial charge in [-0.15, -0.1) is 5.21 Å². The lowest BCUT2D eigenvalue weighted by Gasteiger charge is -1.83. The highest BCUT2D eigenvalue weighted by molar-refractivity contribution is 4.39. The minimum absolute atomic E-state index is 0.481. The topological polar surface area (TPSA) is 34.3 Å². The van der Waals surface area contributed by atoms with Crippen LogP contribution < -0.4 is 5.48 Å². The summed E-state index contributed by atoms with van der Waals surface area (Å²) >= 11 is 0. The van der Waals surface area contributed by atoms with E-state index in [1.165, 1.54) is 0 Å². The Morgan fingerprint density at radius 3 is 2.17 bits per heavy atom. The zero-order valence-corrected chi connectivity index (χ0v) is 4.18. The molecule has 36 valence electrons.